The van der Waals surface area contributed by atoms with Crippen LogP contribution >= 0.6 is 0 Å². The molecule has 0 aliphatic rings. The van der Waals surface area contributed by atoms with E-state index in [0.29, 0.717) is 17.0 Å². The van der Waals surface area contributed by atoms with Crippen molar-refractivity contribution in [3.05, 3.63) is 72.1 Å². The van der Waals surface area contributed by atoms with E-state index in [1.165, 1.54) is 4.68 Å². The average Bonchev–Trinajstić information content (AvgIpc) is 3.07. The van der Waals surface area contributed by atoms with E-state index in [4.69, 9.17) is 4.74 Å². The Kier molecular flexibility index (Phi) is 6.18. The Labute approximate surface area is 149 Å². The Bertz CT molecular complexity index is 879. The second-order valence-corrected chi connectivity index (χ2v) is 5.08. The molecule has 134 valence electrons. The standard InChI is InChI=1S/C18H16N4O3.H2O/c1-2-25-18(24)16-20-19-15(13-9-5-3-6-10-13)22(16)21-17(23)14-11-7-4-8-12-14;/h3-12H,2H2,1H3,(H,21,23);1H2. The number of aromatic nitrogens is 3. The maximum atomic E-state index is 12.5. The third-order valence-corrected chi connectivity index (χ3v) is 3.40. The summed E-state index contributed by atoms with van der Waals surface area (Å²) in [6.07, 6.45) is 0. The minimum atomic E-state index is -0.662. The SMILES string of the molecule is CCOC(=O)c1nnc(-c2ccccc2)n1NC(=O)c1ccccc1.O. The number of hydrogen-bond acceptors (Lipinski definition) is 5. The van der Waals surface area contributed by atoms with Gasteiger partial charge >= 0.3 is 5.97 Å². The third kappa shape index (κ3) is 3.93. The van der Waals surface area contributed by atoms with Crippen molar-refractivity contribution in [1.29, 1.82) is 0 Å². The van der Waals surface area contributed by atoms with Gasteiger partial charge in [0.25, 0.3) is 11.7 Å². The largest absolute Gasteiger partial charge is 0.460 e. The number of carbonyl (C=O) groups excluding carboxylic acids is 2. The van der Waals surface area contributed by atoms with E-state index < -0.39 is 5.97 Å². The zero-order valence-corrected chi connectivity index (χ0v) is 14.0. The summed E-state index contributed by atoms with van der Waals surface area (Å²) in [5.41, 5.74) is 3.82. The van der Waals surface area contributed by atoms with E-state index in [0.717, 1.165) is 0 Å². The van der Waals surface area contributed by atoms with Gasteiger partial charge < -0.3 is 10.2 Å². The van der Waals surface area contributed by atoms with Gasteiger partial charge in [0.1, 0.15) is 0 Å². The summed E-state index contributed by atoms with van der Waals surface area (Å²) in [6.45, 7) is 1.89. The van der Waals surface area contributed by atoms with Crippen molar-refractivity contribution in [2.45, 2.75) is 6.92 Å². The van der Waals surface area contributed by atoms with Crippen LogP contribution in [0, 0.1) is 0 Å². The Morgan fingerprint density at radius 1 is 1.00 bits per heavy atom. The highest BCUT2D eigenvalue weighted by molar-refractivity contribution is 6.01. The molecule has 2 aromatic carbocycles. The number of ether oxygens (including phenoxy) is 1. The van der Waals surface area contributed by atoms with Crippen molar-refractivity contribution >= 4 is 11.9 Å². The van der Waals surface area contributed by atoms with E-state index in [1.54, 1.807) is 31.2 Å². The fraction of sp³-hybridized carbons (Fsp3) is 0.111. The second-order valence-electron chi connectivity index (χ2n) is 5.08. The first kappa shape index (κ1) is 18.8. The molecule has 0 aliphatic carbocycles. The highest BCUT2D eigenvalue weighted by Crippen LogP contribution is 2.17. The molecule has 0 saturated carbocycles. The predicted molar refractivity (Wildman–Crippen MR) is 95.2 cm³/mol. The van der Waals surface area contributed by atoms with Gasteiger partial charge in [0.05, 0.1) is 6.61 Å². The molecule has 3 rings (SSSR count). The first-order chi connectivity index (χ1) is 12.2. The van der Waals surface area contributed by atoms with Crippen LogP contribution in [0.15, 0.2) is 60.7 Å². The summed E-state index contributed by atoms with van der Waals surface area (Å²) in [4.78, 5) is 24.6. The number of amides is 1. The lowest BCUT2D eigenvalue weighted by Crippen LogP contribution is -2.27. The minimum absolute atomic E-state index is 0. The van der Waals surface area contributed by atoms with Gasteiger partial charge in [-0.1, -0.05) is 48.5 Å². The normalized spacial score (nSPS) is 9.88. The fourth-order valence-electron chi connectivity index (χ4n) is 2.25. The topological polar surface area (TPSA) is 118 Å². The smallest absolute Gasteiger partial charge is 0.378 e. The number of esters is 1. The van der Waals surface area contributed by atoms with E-state index >= 15 is 0 Å². The van der Waals surface area contributed by atoms with Gasteiger partial charge in [0.2, 0.25) is 0 Å². The summed E-state index contributed by atoms with van der Waals surface area (Å²) in [7, 11) is 0. The van der Waals surface area contributed by atoms with Gasteiger partial charge in [-0.2, -0.15) is 0 Å². The number of nitrogens with zero attached hydrogens (tertiary/aromatic N) is 3. The molecule has 1 amide bonds. The first-order valence-corrected chi connectivity index (χ1v) is 7.75. The van der Waals surface area contributed by atoms with Gasteiger partial charge in [-0.25, -0.2) is 9.47 Å². The lowest BCUT2D eigenvalue weighted by atomic mass is 10.2. The molecule has 8 nitrogen and oxygen atoms in total. The zero-order chi connectivity index (χ0) is 17.6. The van der Waals surface area contributed by atoms with Crippen LogP contribution in [0.1, 0.15) is 27.9 Å². The monoisotopic (exact) mass is 354 g/mol. The van der Waals surface area contributed by atoms with E-state index in [-0.39, 0.29) is 23.8 Å². The maximum absolute atomic E-state index is 12.5. The molecular formula is C18H18N4O4. The van der Waals surface area contributed by atoms with Crippen molar-refractivity contribution in [1.82, 2.24) is 14.9 Å². The Hall–Kier alpha value is -3.52. The lowest BCUT2D eigenvalue weighted by Gasteiger charge is -2.11. The molecule has 0 spiro atoms. The summed E-state index contributed by atoms with van der Waals surface area (Å²) in [5.74, 6) is -0.799. The third-order valence-electron chi connectivity index (χ3n) is 3.40. The summed E-state index contributed by atoms with van der Waals surface area (Å²) in [6, 6.07) is 17.8. The van der Waals surface area contributed by atoms with Crippen LogP contribution in [0.5, 0.6) is 0 Å². The summed E-state index contributed by atoms with van der Waals surface area (Å²) >= 11 is 0. The lowest BCUT2D eigenvalue weighted by molar-refractivity contribution is 0.0508. The molecule has 0 fully saturated rings. The van der Waals surface area contributed by atoms with Crippen LogP contribution in [0.2, 0.25) is 0 Å². The molecule has 0 atom stereocenters. The van der Waals surface area contributed by atoms with Crippen LogP contribution in [0.25, 0.3) is 11.4 Å². The maximum Gasteiger partial charge on any atom is 0.378 e. The van der Waals surface area contributed by atoms with Crippen LogP contribution in [-0.2, 0) is 4.74 Å². The average molecular weight is 354 g/mol. The van der Waals surface area contributed by atoms with Crippen LogP contribution in [0.4, 0.5) is 0 Å². The summed E-state index contributed by atoms with van der Waals surface area (Å²) in [5, 5.41) is 7.92. The van der Waals surface area contributed by atoms with Crippen molar-refractivity contribution in [3.8, 4) is 11.4 Å². The molecule has 1 heterocycles. The Morgan fingerprint density at radius 3 is 2.23 bits per heavy atom. The van der Waals surface area contributed by atoms with Gasteiger partial charge in [-0.05, 0) is 19.1 Å². The molecule has 0 radical (unpaired) electrons. The van der Waals surface area contributed by atoms with Crippen LogP contribution in [0.3, 0.4) is 0 Å². The van der Waals surface area contributed by atoms with E-state index in [1.807, 2.05) is 36.4 Å². The van der Waals surface area contributed by atoms with Gasteiger partial charge in [0, 0.05) is 11.1 Å². The minimum Gasteiger partial charge on any atom is -0.460 e. The number of hydrogen-bond donors (Lipinski definition) is 1. The number of nitrogens with one attached hydrogen (secondary N) is 1. The number of carbonyl (C=O) groups is 2. The first-order valence-electron chi connectivity index (χ1n) is 7.75. The quantitative estimate of drug-likeness (QED) is 0.699. The molecule has 0 unspecified atom stereocenters. The van der Waals surface area contributed by atoms with Gasteiger partial charge in [-0.3, -0.25) is 10.2 Å². The predicted octanol–water partition coefficient (Wildman–Crippen LogP) is 1.68. The molecule has 0 bridgehead atoms. The summed E-state index contributed by atoms with van der Waals surface area (Å²) < 4.78 is 6.24. The van der Waals surface area contributed by atoms with Crippen molar-refractivity contribution in [2.24, 2.45) is 0 Å². The van der Waals surface area contributed by atoms with Crippen molar-refractivity contribution in [2.75, 3.05) is 12.0 Å². The molecule has 8 heteroatoms. The highest BCUT2D eigenvalue weighted by atomic mass is 16.5. The van der Waals surface area contributed by atoms with Crippen LogP contribution in [-0.4, -0.2) is 38.8 Å². The number of rotatable bonds is 5. The molecule has 1 aromatic heterocycles. The molecule has 3 aromatic rings. The fourth-order valence-corrected chi connectivity index (χ4v) is 2.25. The van der Waals surface area contributed by atoms with Crippen molar-refractivity contribution < 1.29 is 19.8 Å². The highest BCUT2D eigenvalue weighted by Gasteiger charge is 2.22. The molecule has 3 N–H and O–H groups in total. The number of benzene rings is 2. The Morgan fingerprint density at radius 2 is 1.62 bits per heavy atom. The molecule has 26 heavy (non-hydrogen) atoms. The van der Waals surface area contributed by atoms with Crippen molar-refractivity contribution in [3.63, 3.8) is 0 Å². The second kappa shape index (κ2) is 8.54. The zero-order valence-electron chi connectivity index (χ0n) is 14.0. The molecular weight excluding hydrogens is 336 g/mol. The molecule has 0 saturated heterocycles. The Balaban J connectivity index is 0.00000243. The van der Waals surface area contributed by atoms with E-state index in [9.17, 15) is 9.59 Å². The van der Waals surface area contributed by atoms with Gasteiger partial charge in [0.15, 0.2) is 5.82 Å². The van der Waals surface area contributed by atoms with Crippen LogP contribution < -0.4 is 5.43 Å². The molecule has 0 aliphatic heterocycles. The van der Waals surface area contributed by atoms with Gasteiger partial charge in [-0.15, -0.1) is 10.2 Å². The van der Waals surface area contributed by atoms with E-state index in [2.05, 4.69) is 15.6 Å².